The molecule has 0 fully saturated rings. The summed E-state index contributed by atoms with van der Waals surface area (Å²) in [5.74, 6) is 0.304. The van der Waals surface area contributed by atoms with Gasteiger partial charge in [-0.15, -0.1) is 12.4 Å². The van der Waals surface area contributed by atoms with E-state index in [1.54, 1.807) is 30.3 Å². The largest absolute Gasteiger partial charge is 0.388 e. The van der Waals surface area contributed by atoms with Crippen molar-refractivity contribution < 1.29 is 9.72 Å². The van der Waals surface area contributed by atoms with E-state index in [9.17, 15) is 14.9 Å². The fraction of sp³-hybridized carbons (Fsp3) is 0.118. The van der Waals surface area contributed by atoms with E-state index in [0.29, 0.717) is 35.4 Å². The number of nitro groups is 1. The van der Waals surface area contributed by atoms with Crippen LogP contribution in [0.2, 0.25) is 0 Å². The Labute approximate surface area is 160 Å². The molecule has 0 aliphatic heterocycles. The van der Waals surface area contributed by atoms with Crippen molar-refractivity contribution in [3.63, 3.8) is 0 Å². The Kier molecular flexibility index (Phi) is 6.09. The van der Waals surface area contributed by atoms with Gasteiger partial charge in [-0.25, -0.2) is 4.98 Å². The Morgan fingerprint density at radius 3 is 2.59 bits per heavy atom. The van der Waals surface area contributed by atoms with Crippen LogP contribution in [0.25, 0.3) is 22.4 Å². The van der Waals surface area contributed by atoms with Crippen LogP contribution in [0.5, 0.6) is 0 Å². The van der Waals surface area contributed by atoms with E-state index in [4.69, 9.17) is 11.1 Å². The molecule has 0 bridgehead atoms. The number of aromatic nitrogens is 2. The van der Waals surface area contributed by atoms with Crippen molar-refractivity contribution in [1.29, 1.82) is 5.41 Å². The van der Waals surface area contributed by atoms with Gasteiger partial charge in [-0.1, -0.05) is 0 Å². The quantitative estimate of drug-likeness (QED) is 0.221. The number of hydrogen-bond donors (Lipinski definition) is 4. The number of H-pyrrole nitrogens is 1. The third-order valence-electron chi connectivity index (χ3n) is 3.78. The van der Waals surface area contributed by atoms with Gasteiger partial charge in [0.25, 0.3) is 11.6 Å². The van der Waals surface area contributed by atoms with Gasteiger partial charge in [0.1, 0.15) is 5.82 Å². The lowest BCUT2D eigenvalue weighted by molar-refractivity contribution is -0.384. The number of carbonyl (C=O) groups is 1. The van der Waals surface area contributed by atoms with Crippen molar-refractivity contribution >= 4 is 40.9 Å². The van der Waals surface area contributed by atoms with Crippen LogP contribution in [0.3, 0.4) is 0 Å². The van der Waals surface area contributed by atoms with Gasteiger partial charge in [-0.3, -0.25) is 20.3 Å². The molecule has 0 unspecified atom stereocenters. The summed E-state index contributed by atoms with van der Waals surface area (Å²) in [5, 5.41) is 20.6. The first-order chi connectivity index (χ1) is 12.4. The predicted molar refractivity (Wildman–Crippen MR) is 104 cm³/mol. The van der Waals surface area contributed by atoms with Gasteiger partial charge in [0.2, 0.25) is 0 Å². The zero-order valence-corrected chi connectivity index (χ0v) is 14.9. The summed E-state index contributed by atoms with van der Waals surface area (Å²) in [6, 6.07) is 11.1. The van der Waals surface area contributed by atoms with E-state index in [1.165, 1.54) is 12.1 Å². The fourth-order valence-electron chi connectivity index (χ4n) is 2.44. The lowest BCUT2D eigenvalue weighted by atomic mass is 10.2. The van der Waals surface area contributed by atoms with Crippen LogP contribution >= 0.6 is 12.4 Å². The van der Waals surface area contributed by atoms with Gasteiger partial charge >= 0.3 is 0 Å². The minimum atomic E-state index is -0.459. The maximum absolute atomic E-state index is 12.1. The van der Waals surface area contributed by atoms with Crippen LogP contribution in [-0.2, 0) is 0 Å². The van der Waals surface area contributed by atoms with Gasteiger partial charge in [0.15, 0.2) is 0 Å². The van der Waals surface area contributed by atoms with Gasteiger partial charge in [-0.05, 0) is 30.3 Å². The summed E-state index contributed by atoms with van der Waals surface area (Å²) in [4.78, 5) is 30.0. The second-order valence-electron chi connectivity index (χ2n) is 5.65. The normalized spacial score (nSPS) is 10.2. The van der Waals surface area contributed by atoms with Crippen molar-refractivity contribution in [2.45, 2.75) is 6.42 Å². The van der Waals surface area contributed by atoms with Crippen molar-refractivity contribution in [3.8, 4) is 11.4 Å². The number of halogens is 1. The molecule has 3 rings (SSSR count). The number of rotatable bonds is 6. The SMILES string of the molecule is Cl.N=C(N)CCNC(=O)c1ccc2[nH]c(-c3ccc([N+](=O)[O-])cc3)nc2c1. The molecule has 9 nitrogen and oxygen atoms in total. The van der Waals surface area contributed by atoms with E-state index in [0.717, 1.165) is 5.52 Å². The lowest BCUT2D eigenvalue weighted by Gasteiger charge is -2.04. The number of non-ortho nitro benzene ring substituents is 1. The number of carbonyl (C=O) groups excluding carboxylic acids is 1. The number of fused-ring (bicyclic) bond motifs is 1. The van der Waals surface area contributed by atoms with E-state index in [1.807, 2.05) is 0 Å². The average molecular weight is 389 g/mol. The molecule has 1 amide bonds. The van der Waals surface area contributed by atoms with Crippen molar-refractivity contribution in [3.05, 3.63) is 58.1 Å². The molecule has 1 aromatic heterocycles. The van der Waals surface area contributed by atoms with E-state index in [2.05, 4.69) is 15.3 Å². The number of imidazole rings is 1. The zero-order valence-electron chi connectivity index (χ0n) is 14.1. The summed E-state index contributed by atoms with van der Waals surface area (Å²) < 4.78 is 0. The second kappa shape index (κ2) is 8.28. The highest BCUT2D eigenvalue weighted by atomic mass is 35.5. The number of nitrogens with zero attached hydrogens (tertiary/aromatic N) is 2. The molecule has 0 aliphatic rings. The molecular weight excluding hydrogens is 372 g/mol. The number of nitro benzene ring substituents is 1. The van der Waals surface area contributed by atoms with Gasteiger partial charge in [0.05, 0.1) is 21.8 Å². The van der Waals surface area contributed by atoms with Crippen LogP contribution in [0.1, 0.15) is 16.8 Å². The molecular formula is C17H17ClN6O3. The highest BCUT2D eigenvalue weighted by molar-refractivity contribution is 5.97. The first kappa shape index (κ1) is 19.9. The van der Waals surface area contributed by atoms with Gasteiger partial charge < -0.3 is 16.0 Å². The van der Waals surface area contributed by atoms with E-state index < -0.39 is 4.92 Å². The number of aromatic amines is 1. The Balaban J connectivity index is 0.00000261. The first-order valence-electron chi connectivity index (χ1n) is 7.80. The van der Waals surface area contributed by atoms with Crippen LogP contribution < -0.4 is 11.1 Å². The monoisotopic (exact) mass is 388 g/mol. The molecule has 0 radical (unpaired) electrons. The van der Waals surface area contributed by atoms with Gasteiger partial charge in [-0.2, -0.15) is 0 Å². The Bertz CT molecular complexity index is 1000. The van der Waals surface area contributed by atoms with E-state index >= 15 is 0 Å². The van der Waals surface area contributed by atoms with Crippen molar-refractivity contribution in [2.24, 2.45) is 5.73 Å². The molecule has 0 saturated heterocycles. The standard InChI is InChI=1S/C17H16N6O3.ClH/c18-15(19)7-8-20-17(24)11-3-6-13-14(9-11)22-16(21-13)10-1-4-12(5-2-10)23(25)26;/h1-6,9H,7-8H2,(H3,18,19)(H,20,24)(H,21,22);1H. The highest BCUT2D eigenvalue weighted by Crippen LogP contribution is 2.23. The number of hydrogen-bond acceptors (Lipinski definition) is 5. The van der Waals surface area contributed by atoms with Crippen molar-refractivity contribution in [2.75, 3.05) is 6.54 Å². The number of nitrogens with two attached hydrogens (primary N) is 1. The molecule has 0 spiro atoms. The molecule has 27 heavy (non-hydrogen) atoms. The summed E-state index contributed by atoms with van der Waals surface area (Å²) >= 11 is 0. The summed E-state index contributed by atoms with van der Waals surface area (Å²) in [6.07, 6.45) is 0.292. The molecule has 140 valence electrons. The van der Waals surface area contributed by atoms with Crippen molar-refractivity contribution in [1.82, 2.24) is 15.3 Å². The molecule has 3 aromatic rings. The Hall–Kier alpha value is -3.46. The smallest absolute Gasteiger partial charge is 0.269 e. The summed E-state index contributed by atoms with van der Waals surface area (Å²) in [6.45, 7) is 0.292. The lowest BCUT2D eigenvalue weighted by Crippen LogP contribution is -2.27. The average Bonchev–Trinajstić information content (AvgIpc) is 3.04. The third-order valence-corrected chi connectivity index (χ3v) is 3.78. The predicted octanol–water partition coefficient (Wildman–Crippen LogP) is 2.62. The minimum Gasteiger partial charge on any atom is -0.388 e. The molecule has 1 heterocycles. The summed E-state index contributed by atoms with van der Waals surface area (Å²) in [5.41, 5.74) is 7.78. The first-order valence-corrected chi connectivity index (χ1v) is 7.80. The molecule has 5 N–H and O–H groups in total. The minimum absolute atomic E-state index is 0. The fourth-order valence-corrected chi connectivity index (χ4v) is 2.44. The van der Waals surface area contributed by atoms with Crippen LogP contribution in [0, 0.1) is 15.5 Å². The Morgan fingerprint density at radius 1 is 1.26 bits per heavy atom. The molecule has 2 aromatic carbocycles. The van der Waals surface area contributed by atoms with Crippen LogP contribution in [0.4, 0.5) is 5.69 Å². The third kappa shape index (κ3) is 4.59. The second-order valence-corrected chi connectivity index (χ2v) is 5.65. The summed E-state index contributed by atoms with van der Waals surface area (Å²) in [7, 11) is 0. The highest BCUT2D eigenvalue weighted by Gasteiger charge is 2.11. The number of amidine groups is 1. The maximum atomic E-state index is 12.1. The zero-order chi connectivity index (χ0) is 18.7. The maximum Gasteiger partial charge on any atom is 0.269 e. The molecule has 0 aliphatic carbocycles. The van der Waals surface area contributed by atoms with E-state index in [-0.39, 0.29) is 29.8 Å². The Morgan fingerprint density at radius 2 is 1.96 bits per heavy atom. The molecule has 10 heteroatoms. The molecule has 0 atom stereocenters. The molecule has 0 saturated carbocycles. The topological polar surface area (TPSA) is 151 Å². The number of benzene rings is 2. The van der Waals surface area contributed by atoms with Crippen LogP contribution in [0.15, 0.2) is 42.5 Å². The number of nitrogens with one attached hydrogen (secondary N) is 3. The van der Waals surface area contributed by atoms with Gasteiger partial charge in [0, 0.05) is 36.2 Å². The number of amides is 1. The van der Waals surface area contributed by atoms with Crippen LogP contribution in [-0.4, -0.2) is 33.2 Å².